The van der Waals surface area contributed by atoms with Gasteiger partial charge in [0.25, 0.3) is 0 Å². The third kappa shape index (κ3) is 2.93. The van der Waals surface area contributed by atoms with E-state index in [1.165, 1.54) is 0 Å². The average Bonchev–Trinajstić information content (AvgIpc) is 2.90. The lowest BCUT2D eigenvalue weighted by atomic mass is 10.2. The summed E-state index contributed by atoms with van der Waals surface area (Å²) < 4.78 is 0.954. The normalized spacial score (nSPS) is 13.9. The van der Waals surface area contributed by atoms with Gasteiger partial charge in [0.15, 0.2) is 0 Å². The van der Waals surface area contributed by atoms with Crippen LogP contribution in [0.15, 0.2) is 52.3 Å². The molecule has 0 aliphatic carbocycles. The van der Waals surface area contributed by atoms with E-state index in [0.717, 1.165) is 39.4 Å². The van der Waals surface area contributed by atoms with Crippen molar-refractivity contribution in [3.05, 3.63) is 58.6 Å². The Kier molecular flexibility index (Phi) is 3.60. The highest BCUT2D eigenvalue weighted by molar-refractivity contribution is 9.10. The molecule has 0 amide bonds. The van der Waals surface area contributed by atoms with Gasteiger partial charge in [-0.1, -0.05) is 6.08 Å². The van der Waals surface area contributed by atoms with Gasteiger partial charge in [-0.2, -0.15) is 0 Å². The first kappa shape index (κ1) is 13.0. The molecule has 1 N–H and O–H groups in total. The molecule has 0 radical (unpaired) electrons. The summed E-state index contributed by atoms with van der Waals surface area (Å²) in [5.41, 5.74) is 3.92. The molecule has 100 valence electrons. The van der Waals surface area contributed by atoms with Crippen molar-refractivity contribution in [1.29, 1.82) is 0 Å². The monoisotopic (exact) mass is 328 g/mol. The van der Waals surface area contributed by atoms with E-state index in [0.29, 0.717) is 0 Å². The van der Waals surface area contributed by atoms with Crippen molar-refractivity contribution < 1.29 is 0 Å². The van der Waals surface area contributed by atoms with E-state index in [9.17, 15) is 0 Å². The zero-order valence-corrected chi connectivity index (χ0v) is 12.6. The van der Waals surface area contributed by atoms with E-state index in [4.69, 9.17) is 0 Å². The highest BCUT2D eigenvalue weighted by Crippen LogP contribution is 2.24. The smallest absolute Gasteiger partial charge is 0.111 e. The van der Waals surface area contributed by atoms with Gasteiger partial charge in [-0.15, -0.1) is 0 Å². The molecule has 2 aromatic rings. The van der Waals surface area contributed by atoms with Crippen molar-refractivity contribution in [3.63, 3.8) is 0 Å². The number of hydrogen-bond donors (Lipinski definition) is 1. The second-order valence-electron chi connectivity index (χ2n) is 4.56. The Bertz CT molecular complexity index is 689. The molecule has 0 saturated heterocycles. The number of amidine groups is 1. The fourth-order valence-corrected chi connectivity index (χ4v) is 2.32. The number of rotatable bonds is 2. The van der Waals surface area contributed by atoms with E-state index in [-0.39, 0.29) is 0 Å². The lowest BCUT2D eigenvalue weighted by Gasteiger charge is -2.05. The van der Waals surface area contributed by atoms with Crippen molar-refractivity contribution in [2.75, 3.05) is 5.32 Å². The van der Waals surface area contributed by atoms with Crippen LogP contribution in [0.4, 0.5) is 5.69 Å². The molecule has 0 fully saturated rings. The number of anilines is 1. The molecule has 1 aliphatic rings. The van der Waals surface area contributed by atoms with Crippen LogP contribution >= 0.6 is 15.9 Å². The molecule has 3 rings (SSSR count). The van der Waals surface area contributed by atoms with E-state index in [2.05, 4.69) is 42.3 Å². The average molecular weight is 329 g/mol. The van der Waals surface area contributed by atoms with Gasteiger partial charge < -0.3 is 5.32 Å². The Morgan fingerprint density at radius 1 is 1.20 bits per heavy atom. The van der Waals surface area contributed by atoms with Crippen LogP contribution in [0.5, 0.6) is 0 Å². The van der Waals surface area contributed by atoms with Gasteiger partial charge >= 0.3 is 0 Å². The van der Waals surface area contributed by atoms with E-state index in [1.807, 2.05) is 37.5 Å². The van der Waals surface area contributed by atoms with Crippen LogP contribution in [0.3, 0.4) is 0 Å². The van der Waals surface area contributed by atoms with Crippen molar-refractivity contribution in [3.8, 4) is 0 Å². The first-order valence-corrected chi connectivity index (χ1v) is 7.08. The van der Waals surface area contributed by atoms with Gasteiger partial charge in [0.2, 0.25) is 0 Å². The quantitative estimate of drug-likeness (QED) is 0.912. The molecule has 0 aromatic carbocycles. The summed E-state index contributed by atoms with van der Waals surface area (Å²) in [4.78, 5) is 13.0. The minimum atomic E-state index is 0.787. The van der Waals surface area contributed by atoms with Crippen LogP contribution in [0.25, 0.3) is 5.70 Å². The minimum Gasteiger partial charge on any atom is -0.342 e. The molecule has 0 atom stereocenters. The third-order valence-electron chi connectivity index (χ3n) is 2.94. The Morgan fingerprint density at radius 2 is 2.10 bits per heavy atom. The zero-order valence-electron chi connectivity index (χ0n) is 11.0. The number of aliphatic imine (C=N–C) groups is 1. The fourth-order valence-electron chi connectivity index (χ4n) is 1.95. The summed E-state index contributed by atoms with van der Waals surface area (Å²) in [5, 5.41) is 3.29. The lowest BCUT2D eigenvalue weighted by molar-refractivity contribution is 1.20. The summed E-state index contributed by atoms with van der Waals surface area (Å²) in [7, 11) is 0. The molecule has 2 aromatic heterocycles. The van der Waals surface area contributed by atoms with Crippen LogP contribution in [0.1, 0.15) is 17.7 Å². The summed E-state index contributed by atoms with van der Waals surface area (Å²) >= 11 is 3.42. The summed E-state index contributed by atoms with van der Waals surface area (Å²) in [6.45, 7) is 1.97. The highest BCUT2D eigenvalue weighted by Gasteiger charge is 2.11. The second-order valence-corrected chi connectivity index (χ2v) is 5.47. The van der Waals surface area contributed by atoms with Crippen LogP contribution in [-0.4, -0.2) is 15.8 Å². The number of aryl methyl sites for hydroxylation is 1. The third-order valence-corrected chi connectivity index (χ3v) is 3.38. The maximum Gasteiger partial charge on any atom is 0.111 e. The maximum absolute atomic E-state index is 4.60. The molecule has 1 aliphatic heterocycles. The predicted octanol–water partition coefficient (Wildman–Crippen LogP) is 3.80. The molecule has 0 saturated carbocycles. The molecule has 5 heteroatoms. The number of halogens is 1. The summed E-state index contributed by atoms with van der Waals surface area (Å²) in [6.07, 6.45) is 8.27. The second kappa shape index (κ2) is 5.54. The fraction of sp³-hybridized carbons (Fsp3) is 0.133. The first-order valence-electron chi connectivity index (χ1n) is 6.29. The molecule has 0 unspecified atom stereocenters. The van der Waals surface area contributed by atoms with Crippen LogP contribution in [0.2, 0.25) is 0 Å². The molecule has 0 spiro atoms. The number of nitrogens with one attached hydrogen (secondary N) is 1. The molecular formula is C15H13BrN4. The summed E-state index contributed by atoms with van der Waals surface area (Å²) in [6, 6.07) is 5.99. The Morgan fingerprint density at radius 3 is 2.85 bits per heavy atom. The van der Waals surface area contributed by atoms with Crippen LogP contribution in [-0.2, 0) is 0 Å². The summed E-state index contributed by atoms with van der Waals surface area (Å²) in [5.74, 6) is 0.922. The van der Waals surface area contributed by atoms with Crippen molar-refractivity contribution in [2.24, 2.45) is 4.99 Å². The Labute approximate surface area is 125 Å². The predicted molar refractivity (Wildman–Crippen MR) is 84.6 cm³/mol. The zero-order chi connectivity index (χ0) is 13.9. The first-order chi connectivity index (χ1) is 9.70. The largest absolute Gasteiger partial charge is 0.342 e. The molecular weight excluding hydrogens is 316 g/mol. The van der Waals surface area contributed by atoms with Gasteiger partial charge in [-0.25, -0.2) is 4.99 Å². The van der Waals surface area contributed by atoms with Crippen LogP contribution < -0.4 is 5.32 Å². The number of pyridine rings is 2. The van der Waals surface area contributed by atoms with Crippen LogP contribution in [0, 0.1) is 6.92 Å². The molecule has 20 heavy (non-hydrogen) atoms. The standard InChI is InChI=1S/C15H13BrN4/c1-10-2-3-13(9-18-10)19-15-5-4-14(20-15)11-6-12(16)8-17-7-11/h2-4,6-9H,5H2,1H3,(H,19,20). The van der Waals surface area contributed by atoms with E-state index in [1.54, 1.807) is 6.20 Å². The molecule has 3 heterocycles. The van der Waals surface area contributed by atoms with Gasteiger partial charge in [0.05, 0.1) is 17.6 Å². The number of aromatic nitrogens is 2. The van der Waals surface area contributed by atoms with Gasteiger partial charge in [-0.3, -0.25) is 9.97 Å². The van der Waals surface area contributed by atoms with E-state index < -0.39 is 0 Å². The van der Waals surface area contributed by atoms with Gasteiger partial charge in [-0.05, 0) is 41.1 Å². The van der Waals surface area contributed by atoms with Crippen molar-refractivity contribution in [1.82, 2.24) is 9.97 Å². The highest BCUT2D eigenvalue weighted by atomic mass is 79.9. The Balaban J connectivity index is 1.75. The van der Waals surface area contributed by atoms with Gasteiger partial charge in [0, 0.05) is 34.5 Å². The lowest BCUT2D eigenvalue weighted by Crippen LogP contribution is -2.08. The number of hydrogen-bond acceptors (Lipinski definition) is 4. The van der Waals surface area contributed by atoms with Crippen molar-refractivity contribution in [2.45, 2.75) is 13.3 Å². The molecule has 0 bridgehead atoms. The maximum atomic E-state index is 4.60. The Hall–Kier alpha value is -2.01. The topological polar surface area (TPSA) is 50.2 Å². The van der Waals surface area contributed by atoms with Crippen molar-refractivity contribution >= 4 is 33.1 Å². The molecule has 4 nitrogen and oxygen atoms in total. The SMILES string of the molecule is Cc1ccc(NC2=NC(c3cncc(Br)c3)=CC2)cn1. The van der Waals surface area contributed by atoms with E-state index >= 15 is 0 Å². The minimum absolute atomic E-state index is 0.787. The number of nitrogens with zero attached hydrogens (tertiary/aromatic N) is 3. The van der Waals surface area contributed by atoms with Gasteiger partial charge in [0.1, 0.15) is 5.84 Å².